The Morgan fingerprint density at radius 2 is 1.62 bits per heavy atom. The Morgan fingerprint density at radius 3 is 2.26 bits per heavy atom. The summed E-state index contributed by atoms with van der Waals surface area (Å²) in [7, 11) is 7.34. The van der Waals surface area contributed by atoms with E-state index in [4.69, 9.17) is 18.6 Å². The minimum absolute atomic E-state index is 0.0819. The van der Waals surface area contributed by atoms with E-state index in [1.807, 2.05) is 50.5 Å². The summed E-state index contributed by atoms with van der Waals surface area (Å²) >= 11 is 0. The predicted octanol–water partition coefficient (Wildman–Crippen LogP) is 5.40. The van der Waals surface area contributed by atoms with Crippen molar-refractivity contribution in [2.45, 2.75) is 12.3 Å². The summed E-state index contributed by atoms with van der Waals surface area (Å²) in [5.41, 5.74) is 4.90. The third-order valence-corrected chi connectivity index (χ3v) is 7.50. The molecule has 0 N–H and O–H groups in total. The molecule has 5 rings (SSSR count). The van der Waals surface area contributed by atoms with Crippen molar-refractivity contribution in [2.24, 2.45) is 0 Å². The van der Waals surface area contributed by atoms with Gasteiger partial charge in [0.2, 0.25) is 0 Å². The number of hydrogen-bond acceptors (Lipinski definition) is 7. The lowest BCUT2D eigenvalue weighted by Crippen LogP contribution is -2.37. The molecule has 1 atom stereocenters. The number of benzene rings is 3. The number of nitrogens with zero attached hydrogens (tertiary/aromatic N) is 2. The fraction of sp³-hybridized carbons (Fsp3) is 0.344. The van der Waals surface area contributed by atoms with Crippen LogP contribution >= 0.6 is 0 Å². The molecular weight excluding hydrogens is 492 g/mol. The second kappa shape index (κ2) is 11.9. The van der Waals surface area contributed by atoms with Crippen molar-refractivity contribution in [3.63, 3.8) is 0 Å². The number of hydrogen-bond donors (Lipinski definition) is 0. The molecule has 204 valence electrons. The Hall–Kier alpha value is -3.81. The molecule has 0 aliphatic carbocycles. The van der Waals surface area contributed by atoms with Gasteiger partial charge in [0.1, 0.15) is 17.1 Å². The minimum Gasteiger partial charge on any atom is -0.496 e. The highest BCUT2D eigenvalue weighted by Crippen LogP contribution is 2.46. The SMILES string of the molecule is COc1cc(OC)c2c(-c3ccccc3)cc(=O)oc2c1[C@H](CCN1CCOCC1)c1ccc(N(C)C)cc1. The summed E-state index contributed by atoms with van der Waals surface area (Å²) in [5, 5.41) is 0.764. The van der Waals surface area contributed by atoms with Crippen LogP contribution in [0.15, 0.2) is 75.9 Å². The zero-order valence-corrected chi connectivity index (χ0v) is 23.1. The average Bonchev–Trinajstić information content (AvgIpc) is 2.97. The molecule has 7 nitrogen and oxygen atoms in total. The van der Waals surface area contributed by atoms with Gasteiger partial charge in [-0.05, 0) is 36.2 Å². The van der Waals surface area contributed by atoms with Crippen molar-refractivity contribution in [2.75, 3.05) is 66.1 Å². The summed E-state index contributed by atoms with van der Waals surface area (Å²) in [6.07, 6.45) is 0.818. The zero-order valence-electron chi connectivity index (χ0n) is 23.1. The quantitative estimate of drug-likeness (QED) is 0.270. The first kappa shape index (κ1) is 26.8. The van der Waals surface area contributed by atoms with Gasteiger partial charge in [-0.15, -0.1) is 0 Å². The van der Waals surface area contributed by atoms with Crippen LogP contribution in [0, 0.1) is 0 Å². The van der Waals surface area contributed by atoms with Gasteiger partial charge in [-0.2, -0.15) is 0 Å². The topological polar surface area (TPSA) is 64.4 Å². The predicted molar refractivity (Wildman–Crippen MR) is 156 cm³/mol. The summed E-state index contributed by atoms with van der Waals surface area (Å²) in [4.78, 5) is 17.5. The Balaban J connectivity index is 1.73. The van der Waals surface area contributed by atoms with Crippen LogP contribution in [-0.4, -0.2) is 66.1 Å². The first-order valence-corrected chi connectivity index (χ1v) is 13.4. The van der Waals surface area contributed by atoms with Crippen molar-refractivity contribution in [1.29, 1.82) is 0 Å². The highest BCUT2D eigenvalue weighted by molar-refractivity contribution is 6.00. The summed E-state index contributed by atoms with van der Waals surface area (Å²) in [6, 6.07) is 21.9. The van der Waals surface area contributed by atoms with E-state index in [0.29, 0.717) is 17.1 Å². The van der Waals surface area contributed by atoms with E-state index in [-0.39, 0.29) is 5.92 Å². The van der Waals surface area contributed by atoms with Crippen molar-refractivity contribution >= 4 is 16.7 Å². The zero-order chi connectivity index (χ0) is 27.4. The van der Waals surface area contributed by atoms with Gasteiger partial charge in [-0.25, -0.2) is 4.79 Å². The van der Waals surface area contributed by atoms with E-state index < -0.39 is 5.63 Å². The van der Waals surface area contributed by atoms with E-state index in [1.165, 1.54) is 0 Å². The van der Waals surface area contributed by atoms with Crippen LogP contribution in [0.2, 0.25) is 0 Å². The van der Waals surface area contributed by atoms with Crippen LogP contribution in [0.1, 0.15) is 23.5 Å². The number of anilines is 1. The molecule has 39 heavy (non-hydrogen) atoms. The van der Waals surface area contributed by atoms with Crippen LogP contribution in [0.3, 0.4) is 0 Å². The average molecular weight is 529 g/mol. The van der Waals surface area contributed by atoms with Crippen LogP contribution in [0.25, 0.3) is 22.1 Å². The van der Waals surface area contributed by atoms with E-state index >= 15 is 0 Å². The molecule has 1 aliphatic rings. The summed E-state index contributed by atoms with van der Waals surface area (Å²) in [6.45, 7) is 4.17. The minimum atomic E-state index is -0.409. The summed E-state index contributed by atoms with van der Waals surface area (Å²) in [5.74, 6) is 1.15. The molecule has 1 saturated heterocycles. The second-order valence-electron chi connectivity index (χ2n) is 10.0. The Morgan fingerprint density at radius 1 is 0.923 bits per heavy atom. The normalized spacial score (nSPS) is 14.8. The number of ether oxygens (including phenoxy) is 3. The molecule has 0 unspecified atom stereocenters. The van der Waals surface area contributed by atoms with Gasteiger partial charge in [0, 0.05) is 62.0 Å². The standard InChI is InChI=1S/C32H36N2O5/c1-33(2)24-12-10-23(11-13-24)25(14-15-34-16-18-38-19-17-34)30-27(36-3)21-28(37-4)31-26(20-29(35)39-32(30)31)22-8-6-5-7-9-22/h5-13,20-21,25H,14-19H2,1-4H3/t25-/m1/s1. The van der Waals surface area contributed by atoms with Gasteiger partial charge in [-0.3, -0.25) is 4.90 Å². The van der Waals surface area contributed by atoms with E-state index in [9.17, 15) is 4.79 Å². The van der Waals surface area contributed by atoms with Crippen LogP contribution in [0.5, 0.6) is 11.5 Å². The molecule has 0 bridgehead atoms. The molecule has 0 saturated carbocycles. The molecule has 1 aliphatic heterocycles. The molecule has 0 radical (unpaired) electrons. The monoisotopic (exact) mass is 528 g/mol. The van der Waals surface area contributed by atoms with Crippen LogP contribution in [-0.2, 0) is 4.74 Å². The highest BCUT2D eigenvalue weighted by atomic mass is 16.5. The van der Waals surface area contributed by atoms with Crippen molar-refractivity contribution in [3.8, 4) is 22.6 Å². The molecule has 1 fully saturated rings. The number of morpholine rings is 1. The number of methoxy groups -OCH3 is 2. The Labute approximate surface area is 229 Å². The number of fused-ring (bicyclic) bond motifs is 1. The van der Waals surface area contributed by atoms with E-state index in [0.717, 1.165) is 72.6 Å². The summed E-state index contributed by atoms with van der Waals surface area (Å²) < 4.78 is 23.4. The van der Waals surface area contributed by atoms with E-state index in [1.54, 1.807) is 20.3 Å². The second-order valence-corrected chi connectivity index (χ2v) is 10.0. The fourth-order valence-electron chi connectivity index (χ4n) is 5.43. The first-order chi connectivity index (χ1) is 19.0. The molecule has 4 aromatic rings. The molecule has 1 aromatic heterocycles. The largest absolute Gasteiger partial charge is 0.496 e. The molecule has 0 spiro atoms. The smallest absolute Gasteiger partial charge is 0.336 e. The first-order valence-electron chi connectivity index (χ1n) is 13.4. The van der Waals surface area contributed by atoms with Crippen LogP contribution in [0.4, 0.5) is 5.69 Å². The lowest BCUT2D eigenvalue weighted by molar-refractivity contribution is 0.0369. The maximum atomic E-state index is 13.0. The van der Waals surface area contributed by atoms with Crippen molar-refractivity contribution < 1.29 is 18.6 Å². The Kier molecular flexibility index (Phi) is 8.19. The van der Waals surface area contributed by atoms with E-state index in [2.05, 4.69) is 34.1 Å². The van der Waals surface area contributed by atoms with Gasteiger partial charge >= 0.3 is 5.63 Å². The van der Waals surface area contributed by atoms with Gasteiger partial charge < -0.3 is 23.5 Å². The maximum absolute atomic E-state index is 13.0. The third-order valence-electron chi connectivity index (χ3n) is 7.50. The molecular formula is C32H36N2O5. The lowest BCUT2D eigenvalue weighted by Gasteiger charge is -2.29. The van der Waals surface area contributed by atoms with Crippen LogP contribution < -0.4 is 20.0 Å². The highest BCUT2D eigenvalue weighted by Gasteiger charge is 2.28. The fourth-order valence-corrected chi connectivity index (χ4v) is 5.43. The number of rotatable bonds is 9. The maximum Gasteiger partial charge on any atom is 0.336 e. The molecule has 2 heterocycles. The van der Waals surface area contributed by atoms with Gasteiger partial charge in [0.15, 0.2) is 0 Å². The van der Waals surface area contributed by atoms with Crippen molar-refractivity contribution in [1.82, 2.24) is 4.90 Å². The Bertz CT molecular complexity index is 1460. The lowest BCUT2D eigenvalue weighted by atomic mass is 9.85. The van der Waals surface area contributed by atoms with Gasteiger partial charge in [0.25, 0.3) is 0 Å². The molecule has 3 aromatic carbocycles. The molecule has 0 amide bonds. The third kappa shape index (κ3) is 5.65. The van der Waals surface area contributed by atoms with Crippen molar-refractivity contribution in [3.05, 3.63) is 88.3 Å². The molecule has 7 heteroatoms. The van der Waals surface area contributed by atoms with Gasteiger partial charge in [0.05, 0.1) is 32.8 Å². The van der Waals surface area contributed by atoms with Gasteiger partial charge in [-0.1, -0.05) is 42.5 Å².